The lowest BCUT2D eigenvalue weighted by Crippen LogP contribution is -2.44. The second kappa shape index (κ2) is 11.6. The van der Waals surface area contributed by atoms with E-state index < -0.39 is 0 Å². The number of likely N-dealkylation sites (tertiary alicyclic amines) is 1. The summed E-state index contributed by atoms with van der Waals surface area (Å²) in [4.78, 5) is 20.6. The standard InChI is InChI=1S/C21H33N5O.HI/c1-3-25-12-4-6-18(16-25)15-24-21(22-2)23-14-17-8-10-19(11-9-17)26-13-5-7-20(26)27;/h8-11,18H,3-7,12-16H2,1-2H3,(H2,22,23,24);1H. The number of hydrogen-bond donors (Lipinski definition) is 2. The van der Waals surface area contributed by atoms with Crippen LogP contribution in [-0.2, 0) is 11.3 Å². The Hall–Kier alpha value is -1.35. The zero-order chi connectivity index (χ0) is 19.1. The number of halogens is 1. The first kappa shape index (κ1) is 22.9. The summed E-state index contributed by atoms with van der Waals surface area (Å²) >= 11 is 0. The van der Waals surface area contributed by atoms with Crippen LogP contribution < -0.4 is 15.5 Å². The first-order valence-electron chi connectivity index (χ1n) is 10.3. The zero-order valence-corrected chi connectivity index (χ0v) is 19.4. The lowest BCUT2D eigenvalue weighted by molar-refractivity contribution is -0.117. The smallest absolute Gasteiger partial charge is 0.227 e. The Morgan fingerprint density at radius 3 is 2.61 bits per heavy atom. The van der Waals surface area contributed by atoms with E-state index >= 15 is 0 Å². The topological polar surface area (TPSA) is 60.0 Å². The fourth-order valence-electron chi connectivity index (χ4n) is 3.97. The minimum absolute atomic E-state index is 0. The second-order valence-electron chi connectivity index (χ2n) is 7.52. The fourth-order valence-corrected chi connectivity index (χ4v) is 3.97. The molecule has 7 heteroatoms. The Balaban J connectivity index is 0.00000280. The van der Waals surface area contributed by atoms with E-state index in [2.05, 4.69) is 39.6 Å². The van der Waals surface area contributed by atoms with E-state index in [0.29, 0.717) is 12.3 Å². The molecule has 156 valence electrons. The van der Waals surface area contributed by atoms with E-state index in [-0.39, 0.29) is 29.9 Å². The summed E-state index contributed by atoms with van der Waals surface area (Å²) in [7, 11) is 1.82. The van der Waals surface area contributed by atoms with Crippen LogP contribution in [0.2, 0.25) is 0 Å². The highest BCUT2D eigenvalue weighted by atomic mass is 127. The number of carbonyl (C=O) groups excluding carboxylic acids is 1. The molecule has 2 N–H and O–H groups in total. The molecular weight excluding hydrogens is 465 g/mol. The Labute approximate surface area is 186 Å². The molecule has 2 fully saturated rings. The Kier molecular flexibility index (Phi) is 9.50. The highest BCUT2D eigenvalue weighted by molar-refractivity contribution is 14.0. The summed E-state index contributed by atoms with van der Waals surface area (Å²) < 4.78 is 0. The monoisotopic (exact) mass is 499 g/mol. The first-order chi connectivity index (χ1) is 13.2. The van der Waals surface area contributed by atoms with Crippen molar-refractivity contribution in [1.29, 1.82) is 0 Å². The van der Waals surface area contributed by atoms with Crippen molar-refractivity contribution in [2.75, 3.05) is 44.7 Å². The van der Waals surface area contributed by atoms with Gasteiger partial charge in [-0.1, -0.05) is 19.1 Å². The number of aliphatic imine (C=N–C) groups is 1. The number of piperidine rings is 1. The van der Waals surface area contributed by atoms with Gasteiger partial charge in [0.25, 0.3) is 0 Å². The number of rotatable bonds is 6. The molecule has 1 aromatic carbocycles. The van der Waals surface area contributed by atoms with Crippen molar-refractivity contribution in [3.8, 4) is 0 Å². The van der Waals surface area contributed by atoms with Gasteiger partial charge >= 0.3 is 0 Å². The predicted molar refractivity (Wildman–Crippen MR) is 126 cm³/mol. The summed E-state index contributed by atoms with van der Waals surface area (Å²) in [5.74, 6) is 1.77. The van der Waals surface area contributed by atoms with Gasteiger partial charge in [-0.25, -0.2) is 0 Å². The number of amides is 1. The molecule has 2 aliphatic rings. The van der Waals surface area contributed by atoms with Gasteiger partial charge in [-0.15, -0.1) is 24.0 Å². The Bertz CT molecular complexity index is 649. The summed E-state index contributed by atoms with van der Waals surface area (Å²) in [5, 5.41) is 6.87. The maximum absolute atomic E-state index is 11.8. The van der Waals surface area contributed by atoms with Crippen LogP contribution >= 0.6 is 24.0 Å². The van der Waals surface area contributed by atoms with E-state index in [1.54, 1.807) is 0 Å². The van der Waals surface area contributed by atoms with Gasteiger partial charge in [-0.05, 0) is 56.0 Å². The van der Waals surface area contributed by atoms with Crippen LogP contribution in [0.3, 0.4) is 0 Å². The van der Waals surface area contributed by atoms with Gasteiger partial charge in [-0.3, -0.25) is 9.79 Å². The molecule has 2 aliphatic heterocycles. The quantitative estimate of drug-likeness (QED) is 0.359. The number of guanidine groups is 1. The van der Waals surface area contributed by atoms with Crippen LogP contribution in [0.25, 0.3) is 0 Å². The molecule has 3 rings (SSSR count). The second-order valence-corrected chi connectivity index (χ2v) is 7.52. The van der Waals surface area contributed by atoms with Crippen LogP contribution in [-0.4, -0.2) is 56.5 Å². The van der Waals surface area contributed by atoms with Gasteiger partial charge in [0, 0.05) is 45.3 Å². The Morgan fingerprint density at radius 2 is 1.96 bits per heavy atom. The van der Waals surface area contributed by atoms with Crippen molar-refractivity contribution in [3.05, 3.63) is 29.8 Å². The lowest BCUT2D eigenvalue weighted by atomic mass is 9.98. The normalized spacial score (nSPS) is 20.8. The van der Waals surface area contributed by atoms with Gasteiger partial charge in [0.15, 0.2) is 5.96 Å². The zero-order valence-electron chi connectivity index (χ0n) is 17.1. The van der Waals surface area contributed by atoms with Crippen molar-refractivity contribution in [1.82, 2.24) is 15.5 Å². The maximum Gasteiger partial charge on any atom is 0.227 e. The average Bonchev–Trinajstić information content (AvgIpc) is 3.14. The molecule has 1 unspecified atom stereocenters. The molecular formula is C21H34IN5O. The van der Waals surface area contributed by atoms with Crippen LogP contribution in [0.1, 0.15) is 38.2 Å². The van der Waals surface area contributed by atoms with E-state index in [1.165, 1.54) is 31.5 Å². The van der Waals surface area contributed by atoms with Crippen molar-refractivity contribution in [2.24, 2.45) is 10.9 Å². The van der Waals surface area contributed by atoms with Crippen LogP contribution in [0.5, 0.6) is 0 Å². The van der Waals surface area contributed by atoms with Crippen LogP contribution in [0.4, 0.5) is 5.69 Å². The highest BCUT2D eigenvalue weighted by Gasteiger charge is 2.21. The van der Waals surface area contributed by atoms with E-state index in [1.807, 2.05) is 24.1 Å². The van der Waals surface area contributed by atoms with E-state index in [4.69, 9.17) is 0 Å². The van der Waals surface area contributed by atoms with Crippen molar-refractivity contribution in [3.63, 3.8) is 0 Å². The van der Waals surface area contributed by atoms with Gasteiger partial charge < -0.3 is 20.4 Å². The van der Waals surface area contributed by atoms with Crippen molar-refractivity contribution >= 4 is 41.5 Å². The molecule has 0 bridgehead atoms. The number of nitrogens with zero attached hydrogens (tertiary/aromatic N) is 3. The van der Waals surface area contributed by atoms with Gasteiger partial charge in [0.05, 0.1) is 0 Å². The molecule has 28 heavy (non-hydrogen) atoms. The maximum atomic E-state index is 11.8. The minimum atomic E-state index is 0. The minimum Gasteiger partial charge on any atom is -0.356 e. The number of hydrogen-bond acceptors (Lipinski definition) is 3. The summed E-state index contributed by atoms with van der Waals surface area (Å²) in [6.45, 7) is 8.31. The average molecular weight is 499 g/mol. The fraction of sp³-hybridized carbons (Fsp3) is 0.619. The van der Waals surface area contributed by atoms with E-state index in [0.717, 1.165) is 44.2 Å². The molecule has 0 radical (unpaired) electrons. The van der Waals surface area contributed by atoms with Gasteiger partial charge in [-0.2, -0.15) is 0 Å². The number of anilines is 1. The molecule has 0 spiro atoms. The molecule has 0 aromatic heterocycles. The third-order valence-electron chi connectivity index (χ3n) is 5.61. The number of nitrogens with one attached hydrogen (secondary N) is 2. The molecule has 6 nitrogen and oxygen atoms in total. The molecule has 0 aliphatic carbocycles. The van der Waals surface area contributed by atoms with Crippen LogP contribution in [0.15, 0.2) is 29.3 Å². The third-order valence-corrected chi connectivity index (χ3v) is 5.61. The molecule has 1 amide bonds. The lowest BCUT2D eigenvalue weighted by Gasteiger charge is -2.32. The predicted octanol–water partition coefficient (Wildman–Crippen LogP) is 2.83. The summed E-state index contributed by atoms with van der Waals surface area (Å²) in [6.07, 6.45) is 4.21. The molecule has 1 aromatic rings. The SMILES string of the molecule is CCN1CCCC(CNC(=NC)NCc2ccc(N3CCCC3=O)cc2)C1.I. The molecule has 1 atom stereocenters. The van der Waals surface area contributed by atoms with Crippen LogP contribution in [0, 0.1) is 5.92 Å². The van der Waals surface area contributed by atoms with Crippen molar-refractivity contribution in [2.45, 2.75) is 39.2 Å². The third kappa shape index (κ3) is 6.34. The largest absolute Gasteiger partial charge is 0.356 e. The number of carbonyl (C=O) groups is 1. The number of benzene rings is 1. The Morgan fingerprint density at radius 1 is 1.18 bits per heavy atom. The first-order valence-corrected chi connectivity index (χ1v) is 10.3. The molecule has 2 heterocycles. The van der Waals surface area contributed by atoms with Gasteiger partial charge in [0.1, 0.15) is 0 Å². The van der Waals surface area contributed by atoms with Crippen molar-refractivity contribution < 1.29 is 4.79 Å². The summed E-state index contributed by atoms with van der Waals surface area (Å²) in [6, 6.07) is 8.25. The highest BCUT2D eigenvalue weighted by Crippen LogP contribution is 2.21. The van der Waals surface area contributed by atoms with E-state index in [9.17, 15) is 4.79 Å². The molecule has 0 saturated carbocycles. The molecule has 2 saturated heterocycles. The summed E-state index contributed by atoms with van der Waals surface area (Å²) in [5.41, 5.74) is 2.18. The van der Waals surface area contributed by atoms with Gasteiger partial charge in [0.2, 0.25) is 5.91 Å².